The number of fused-ring (bicyclic) bond motifs is 14. The van der Waals surface area contributed by atoms with Crippen molar-refractivity contribution in [2.24, 2.45) is 11.8 Å². The van der Waals surface area contributed by atoms with E-state index in [4.69, 9.17) is 44.4 Å². The molecule has 492 valence electrons. The Kier molecular flexibility index (Phi) is 21.1. The van der Waals surface area contributed by atoms with E-state index in [1.807, 2.05) is 61.9 Å². The molecule has 25 nitrogen and oxygen atoms in total. The summed E-state index contributed by atoms with van der Waals surface area (Å²) in [6.45, 7) is 7.14. The third kappa shape index (κ3) is 15.6. The number of aromatic carboxylic acids is 1. The van der Waals surface area contributed by atoms with Crippen molar-refractivity contribution in [3.05, 3.63) is 141 Å². The highest BCUT2D eigenvalue weighted by atomic mass is 32.1. The van der Waals surface area contributed by atoms with Crippen molar-refractivity contribution in [3.8, 4) is 43.4 Å². The first-order valence-corrected chi connectivity index (χ1v) is 35.2. The van der Waals surface area contributed by atoms with E-state index in [0.29, 0.717) is 99.4 Å². The molecular formula is C64H63N13O12S6. The van der Waals surface area contributed by atoms with E-state index >= 15 is 0 Å². The summed E-state index contributed by atoms with van der Waals surface area (Å²) in [6.07, 6.45) is 1.12. The number of aryl methyl sites for hydroxylation is 1. The number of Topliss-reactive ketones (excluding diaryl/α,β-unsaturated/α-hetero) is 1. The number of rotatable bonds is 14. The Bertz CT molecular complexity index is 4340. The van der Waals surface area contributed by atoms with Gasteiger partial charge in [0, 0.05) is 70.6 Å². The molecule has 2 aliphatic rings. The number of anilines is 1. The lowest BCUT2D eigenvalue weighted by Gasteiger charge is -2.28. The fraction of sp³-hybridized carbons (Fsp3) is 0.344. The van der Waals surface area contributed by atoms with E-state index < -0.39 is 78.2 Å². The van der Waals surface area contributed by atoms with Crippen molar-refractivity contribution >= 4 is 121 Å². The largest absolute Gasteiger partial charge is 0.481 e. The number of ether oxygens (including phenoxy) is 2. The number of carbonyl (C=O) groups excluding carboxylic acids is 6. The van der Waals surface area contributed by atoms with Crippen molar-refractivity contribution in [2.45, 2.75) is 109 Å². The molecule has 1 fully saturated rings. The zero-order valence-electron chi connectivity index (χ0n) is 51.9. The van der Waals surface area contributed by atoms with Crippen molar-refractivity contribution in [1.29, 1.82) is 0 Å². The second-order valence-corrected chi connectivity index (χ2v) is 28.7. The molecule has 4 atom stereocenters. The second kappa shape index (κ2) is 29.8. The zero-order chi connectivity index (χ0) is 67.2. The molecule has 31 heteroatoms. The predicted molar refractivity (Wildman–Crippen MR) is 359 cm³/mol. The number of aliphatic carboxylic acids is 1. The number of benzene rings is 1. The Morgan fingerprint density at radius 2 is 1.43 bits per heavy atom. The molecule has 0 saturated heterocycles. The minimum absolute atomic E-state index is 0.0132. The third-order valence-corrected chi connectivity index (χ3v) is 21.9. The van der Waals surface area contributed by atoms with Crippen molar-refractivity contribution < 1.29 is 58.0 Å². The van der Waals surface area contributed by atoms with Gasteiger partial charge in [-0.3, -0.25) is 33.7 Å². The number of pyridine rings is 2. The van der Waals surface area contributed by atoms with Gasteiger partial charge in [0.05, 0.1) is 59.7 Å². The summed E-state index contributed by atoms with van der Waals surface area (Å²) < 4.78 is 11.5. The van der Waals surface area contributed by atoms with Crippen LogP contribution in [0.3, 0.4) is 0 Å². The van der Waals surface area contributed by atoms with Crippen LogP contribution in [0.5, 0.6) is 0 Å². The molecule has 1 aliphatic heterocycles. The van der Waals surface area contributed by atoms with E-state index in [0.717, 1.165) is 5.56 Å². The number of carboxylic acid groups (broad SMARTS) is 2. The second-order valence-electron chi connectivity index (χ2n) is 22.9. The smallest absolute Gasteiger partial charge is 0.416 e. The van der Waals surface area contributed by atoms with E-state index in [9.17, 15) is 48.6 Å². The van der Waals surface area contributed by atoms with Crippen molar-refractivity contribution in [1.82, 2.24) is 61.1 Å². The number of carbonyl (C=O) groups is 8. The number of hydrogen-bond donors (Lipinski definition) is 6. The molecule has 8 aromatic heterocycles. The lowest BCUT2D eigenvalue weighted by molar-refractivity contribution is -0.143. The molecule has 11 rings (SSSR count). The molecule has 6 N–H and O–H groups in total. The van der Waals surface area contributed by atoms with Crippen molar-refractivity contribution in [3.63, 3.8) is 0 Å². The molecule has 10 bridgehead atoms. The Morgan fingerprint density at radius 3 is 2.15 bits per heavy atom. The summed E-state index contributed by atoms with van der Waals surface area (Å²) >= 11 is 7.39. The fourth-order valence-electron chi connectivity index (χ4n) is 10.9. The maximum atomic E-state index is 14.5. The van der Waals surface area contributed by atoms with Gasteiger partial charge in [0.2, 0.25) is 11.8 Å². The number of methoxy groups -OCH3 is 1. The number of thiazole rings is 6. The Labute approximate surface area is 567 Å². The number of nitrogens with zero attached hydrogens (tertiary/aromatic N) is 9. The minimum Gasteiger partial charge on any atom is -0.481 e. The SMILES string of the molecule is CNC(=O)C[C@@H]1NC(=O)c2csc(n2)-c2ccc(-c3nc(N(Cc4ccc(C(=O)O)nc4)C(=O)OC4CCC(C(=O)O)CC4)cs3)nc2-c2csc(n2)-c2csc(n2)[C@H]([C@@H](C)c2ccccc2)NC(=O)CNC(=O)c2nc(sc2COC)C(C(C)C)CC(=O)c2nc1sc2C. The summed E-state index contributed by atoms with van der Waals surface area (Å²) in [6, 6.07) is 14.3. The summed E-state index contributed by atoms with van der Waals surface area (Å²) in [7, 11) is 2.97. The maximum Gasteiger partial charge on any atom is 0.416 e. The number of hydrogen-bond acceptors (Lipinski definition) is 24. The molecule has 9 aromatic rings. The summed E-state index contributed by atoms with van der Waals surface area (Å²) in [5, 5.41) is 40.2. The molecule has 1 aliphatic carbocycles. The molecule has 1 saturated carbocycles. The Morgan fingerprint density at radius 1 is 0.716 bits per heavy atom. The average molecular weight is 1400 g/mol. The quantitative estimate of drug-likeness (QED) is 0.0589. The molecule has 0 spiro atoms. The Balaban J connectivity index is 0.980. The number of aromatic nitrogens is 8. The fourth-order valence-corrected chi connectivity index (χ4v) is 16.6. The number of nitrogens with one attached hydrogen (secondary N) is 4. The number of amides is 5. The lowest BCUT2D eigenvalue weighted by atomic mass is 9.87. The molecular weight excluding hydrogens is 1340 g/mol. The lowest BCUT2D eigenvalue weighted by Crippen LogP contribution is -2.40. The molecule has 1 aromatic carbocycles. The van der Waals surface area contributed by atoms with Crippen LogP contribution in [0, 0.1) is 18.8 Å². The van der Waals surface area contributed by atoms with E-state index in [1.54, 1.807) is 29.8 Å². The van der Waals surface area contributed by atoms with Crippen LogP contribution in [-0.2, 0) is 37.0 Å². The van der Waals surface area contributed by atoms with Crippen LogP contribution < -0.4 is 26.2 Å². The Hall–Kier alpha value is -8.98. The zero-order valence-corrected chi connectivity index (χ0v) is 56.8. The van der Waals surface area contributed by atoms with E-state index in [-0.39, 0.29) is 72.2 Å². The van der Waals surface area contributed by atoms with Gasteiger partial charge in [-0.25, -0.2) is 49.5 Å². The summed E-state index contributed by atoms with van der Waals surface area (Å²) in [5.74, 6) is -5.84. The molecule has 5 amide bonds. The van der Waals surface area contributed by atoms with Gasteiger partial charge in [-0.15, -0.1) is 68.0 Å². The van der Waals surface area contributed by atoms with Gasteiger partial charge in [-0.05, 0) is 67.9 Å². The first-order chi connectivity index (χ1) is 45.7. The number of ketones is 1. The average Bonchev–Trinajstić information content (AvgIpc) is 1.72. The van der Waals surface area contributed by atoms with E-state index in [2.05, 4.69) is 26.3 Å². The number of carboxylic acids is 2. The molecule has 1 unspecified atom stereocenters. The van der Waals surface area contributed by atoms with Crippen LogP contribution >= 0.6 is 68.0 Å². The molecule has 9 heterocycles. The molecule has 0 radical (unpaired) electrons. The van der Waals surface area contributed by atoms with Crippen LogP contribution in [0.2, 0.25) is 0 Å². The van der Waals surface area contributed by atoms with Crippen LogP contribution in [0.15, 0.2) is 82.3 Å². The van der Waals surface area contributed by atoms with Gasteiger partial charge < -0.3 is 41.0 Å². The van der Waals surface area contributed by atoms with Crippen molar-refractivity contribution in [2.75, 3.05) is 25.6 Å². The van der Waals surface area contributed by atoms with Crippen LogP contribution in [0.1, 0.15) is 161 Å². The van der Waals surface area contributed by atoms with Crippen LogP contribution in [0.4, 0.5) is 10.6 Å². The first-order valence-electron chi connectivity index (χ1n) is 30.1. The summed E-state index contributed by atoms with van der Waals surface area (Å²) in [4.78, 5) is 149. The van der Waals surface area contributed by atoms with Gasteiger partial charge in [0.25, 0.3) is 11.8 Å². The topological polar surface area (TPSA) is 350 Å². The van der Waals surface area contributed by atoms with Gasteiger partial charge >= 0.3 is 18.0 Å². The summed E-state index contributed by atoms with van der Waals surface area (Å²) in [5.41, 5.74) is 3.52. The van der Waals surface area contributed by atoms with Gasteiger partial charge in [-0.1, -0.05) is 57.2 Å². The monoisotopic (exact) mass is 1400 g/mol. The van der Waals surface area contributed by atoms with Crippen LogP contribution in [0.25, 0.3) is 43.4 Å². The maximum absolute atomic E-state index is 14.5. The van der Waals surface area contributed by atoms with Crippen LogP contribution in [-0.4, -0.2) is 124 Å². The highest BCUT2D eigenvalue weighted by Gasteiger charge is 2.35. The standard InChI is InChI=1S/C64H63N13O12S6/c1-30(2)38-20-45(78)51-32(4)94-60(75-51)41(21-48(79)65-5)69-54(81)43-27-90-56(71-43)37-17-19-39(58-73-47(29-93-58)77(24-33-12-18-40(63(85)86)66-22-33)64(87)89-36-15-13-35(14-16-36)62(83)84)68-52(37)42-26-91-59(70-42)44-28-92-61(72-44)50(31(3)34-10-8-7-9-11-34)74-49(80)23-67-55(82)53-46(25-88-6)95-57(38)76-53/h7-12,17-19,22,26-31,35-36,38,41,50H,13-16,20-21,23-25H2,1-6H3,(H,65,79)(H,67,82)(H,69,81)(H,74,80)(H,83,84)(H,85,86)/t31-,35?,36?,38?,41-,50-/m0/s1. The third-order valence-electron chi connectivity index (χ3n) is 16.1. The highest BCUT2D eigenvalue weighted by Crippen LogP contribution is 2.42. The van der Waals surface area contributed by atoms with Gasteiger partial charge in [0.15, 0.2) is 5.78 Å². The van der Waals surface area contributed by atoms with E-state index in [1.165, 1.54) is 105 Å². The highest BCUT2D eigenvalue weighted by molar-refractivity contribution is 7.15. The van der Waals surface area contributed by atoms with Gasteiger partial charge in [0.1, 0.15) is 76.8 Å². The normalized spacial score (nSPS) is 18.2. The molecule has 95 heavy (non-hydrogen) atoms. The first kappa shape index (κ1) is 67.4. The predicted octanol–water partition coefficient (Wildman–Crippen LogP) is 11.1. The minimum atomic E-state index is -1.22. The van der Waals surface area contributed by atoms with Gasteiger partial charge in [-0.2, -0.15) is 0 Å².